The number of H-pyrrole nitrogens is 1. The molecule has 1 aromatic carbocycles. The highest BCUT2D eigenvalue weighted by atomic mass is 16.5. The summed E-state index contributed by atoms with van der Waals surface area (Å²) < 4.78 is 11.3. The Hall–Kier alpha value is -2.60. The minimum absolute atomic E-state index is 0.269. The van der Waals surface area contributed by atoms with Crippen LogP contribution in [0.2, 0.25) is 0 Å². The minimum atomic E-state index is -0.502. The Labute approximate surface area is 146 Å². The molecule has 0 spiro atoms. The molecule has 0 aliphatic heterocycles. The van der Waals surface area contributed by atoms with E-state index in [0.717, 1.165) is 35.2 Å². The molecular formula is C19H23N3O3. The summed E-state index contributed by atoms with van der Waals surface area (Å²) in [5, 5.41) is 18.3. The van der Waals surface area contributed by atoms with E-state index in [1.54, 1.807) is 6.20 Å². The molecule has 0 saturated heterocycles. The number of rotatable bonds is 9. The van der Waals surface area contributed by atoms with Gasteiger partial charge in [-0.15, -0.1) is 0 Å². The Balaban J connectivity index is 1.38. The van der Waals surface area contributed by atoms with Crippen molar-refractivity contribution in [2.75, 3.05) is 13.2 Å². The maximum absolute atomic E-state index is 10.1. The van der Waals surface area contributed by atoms with Crippen molar-refractivity contribution >= 4 is 10.9 Å². The third-order valence-corrected chi connectivity index (χ3v) is 3.97. The predicted molar refractivity (Wildman–Crippen MR) is 95.9 cm³/mol. The number of fused-ring (bicyclic) bond motifs is 1. The van der Waals surface area contributed by atoms with E-state index >= 15 is 0 Å². The van der Waals surface area contributed by atoms with Crippen molar-refractivity contribution in [3.05, 3.63) is 48.3 Å². The Bertz CT molecular complexity index is 789. The number of pyridine rings is 1. The molecule has 2 heterocycles. The molecule has 3 rings (SSSR count). The number of aromatic nitrogens is 3. The molecule has 1 atom stereocenters. The van der Waals surface area contributed by atoms with Gasteiger partial charge in [-0.2, -0.15) is 5.10 Å². The molecule has 0 radical (unpaired) electrons. The first-order valence-corrected chi connectivity index (χ1v) is 8.52. The summed E-state index contributed by atoms with van der Waals surface area (Å²) in [6.45, 7) is 2.82. The van der Waals surface area contributed by atoms with Crippen LogP contribution in [-0.2, 0) is 0 Å². The highest BCUT2D eigenvalue weighted by Gasteiger charge is 2.10. The Kier molecular flexibility index (Phi) is 5.85. The SMILES string of the molecule is Cc1[nH]nc2cccc(OC[C@@H](O)CCCCOc3ccccn3)c12. The zero-order valence-electron chi connectivity index (χ0n) is 14.3. The quantitative estimate of drug-likeness (QED) is 0.584. The number of aromatic amines is 1. The molecule has 3 aromatic rings. The lowest BCUT2D eigenvalue weighted by molar-refractivity contribution is 0.0971. The van der Waals surface area contributed by atoms with E-state index in [0.29, 0.717) is 18.9 Å². The average Bonchev–Trinajstić information content (AvgIpc) is 3.02. The Morgan fingerprint density at radius 2 is 2.04 bits per heavy atom. The fraction of sp³-hybridized carbons (Fsp3) is 0.368. The van der Waals surface area contributed by atoms with Crippen LogP contribution >= 0.6 is 0 Å². The van der Waals surface area contributed by atoms with Gasteiger partial charge in [-0.1, -0.05) is 12.1 Å². The second-order valence-corrected chi connectivity index (χ2v) is 5.98. The monoisotopic (exact) mass is 341 g/mol. The zero-order chi connectivity index (χ0) is 17.5. The van der Waals surface area contributed by atoms with Gasteiger partial charge < -0.3 is 14.6 Å². The number of aliphatic hydroxyl groups excluding tert-OH is 1. The number of ether oxygens (including phenoxy) is 2. The van der Waals surface area contributed by atoms with Crippen LogP contribution < -0.4 is 9.47 Å². The third kappa shape index (κ3) is 4.70. The van der Waals surface area contributed by atoms with E-state index in [1.165, 1.54) is 0 Å². The summed E-state index contributed by atoms with van der Waals surface area (Å²) in [7, 11) is 0. The van der Waals surface area contributed by atoms with E-state index in [-0.39, 0.29) is 6.61 Å². The van der Waals surface area contributed by atoms with Crippen LogP contribution in [-0.4, -0.2) is 39.6 Å². The molecule has 0 fully saturated rings. The van der Waals surface area contributed by atoms with Gasteiger partial charge in [-0.25, -0.2) is 4.98 Å². The lowest BCUT2D eigenvalue weighted by Gasteiger charge is -2.13. The minimum Gasteiger partial charge on any atom is -0.490 e. The van der Waals surface area contributed by atoms with Gasteiger partial charge in [-0.3, -0.25) is 5.10 Å². The van der Waals surface area contributed by atoms with Crippen molar-refractivity contribution in [2.24, 2.45) is 0 Å². The van der Waals surface area contributed by atoms with E-state index in [2.05, 4.69) is 15.2 Å². The summed E-state index contributed by atoms with van der Waals surface area (Å²) in [5.41, 5.74) is 1.84. The van der Waals surface area contributed by atoms with Crippen molar-refractivity contribution in [1.29, 1.82) is 0 Å². The molecule has 6 nitrogen and oxygen atoms in total. The van der Waals surface area contributed by atoms with Gasteiger partial charge in [0.25, 0.3) is 0 Å². The highest BCUT2D eigenvalue weighted by molar-refractivity contribution is 5.87. The summed E-state index contributed by atoms with van der Waals surface area (Å²) >= 11 is 0. The van der Waals surface area contributed by atoms with E-state index < -0.39 is 6.10 Å². The molecule has 0 aliphatic carbocycles. The summed E-state index contributed by atoms with van der Waals surface area (Å²) in [6, 6.07) is 11.3. The van der Waals surface area contributed by atoms with Crippen LogP contribution in [0.3, 0.4) is 0 Å². The molecule has 25 heavy (non-hydrogen) atoms. The molecule has 132 valence electrons. The van der Waals surface area contributed by atoms with Crippen molar-refractivity contribution in [2.45, 2.75) is 32.3 Å². The predicted octanol–water partition coefficient (Wildman–Crippen LogP) is 3.26. The first-order valence-electron chi connectivity index (χ1n) is 8.52. The first-order chi connectivity index (χ1) is 12.2. The number of nitrogens with zero attached hydrogens (tertiary/aromatic N) is 2. The van der Waals surface area contributed by atoms with Gasteiger partial charge in [0.2, 0.25) is 5.88 Å². The van der Waals surface area contributed by atoms with Crippen molar-refractivity contribution in [3.8, 4) is 11.6 Å². The number of unbranched alkanes of at least 4 members (excludes halogenated alkanes) is 1. The van der Waals surface area contributed by atoms with Gasteiger partial charge in [0.05, 0.1) is 23.6 Å². The molecular weight excluding hydrogens is 318 g/mol. The van der Waals surface area contributed by atoms with Crippen LogP contribution in [0, 0.1) is 6.92 Å². The Morgan fingerprint density at radius 1 is 1.12 bits per heavy atom. The van der Waals surface area contributed by atoms with Gasteiger partial charge in [0.1, 0.15) is 12.4 Å². The largest absolute Gasteiger partial charge is 0.490 e. The number of aliphatic hydroxyl groups is 1. The van der Waals surface area contributed by atoms with Gasteiger partial charge in [0.15, 0.2) is 0 Å². The topological polar surface area (TPSA) is 80.3 Å². The molecule has 0 unspecified atom stereocenters. The maximum Gasteiger partial charge on any atom is 0.213 e. The normalized spacial score (nSPS) is 12.2. The van der Waals surface area contributed by atoms with Crippen molar-refractivity contribution in [3.63, 3.8) is 0 Å². The molecule has 2 aromatic heterocycles. The van der Waals surface area contributed by atoms with Gasteiger partial charge in [0, 0.05) is 18.0 Å². The molecule has 6 heteroatoms. The molecule has 0 amide bonds. The van der Waals surface area contributed by atoms with E-state index in [1.807, 2.05) is 43.3 Å². The van der Waals surface area contributed by atoms with Crippen LogP contribution in [0.5, 0.6) is 11.6 Å². The van der Waals surface area contributed by atoms with Gasteiger partial charge in [-0.05, 0) is 44.4 Å². The molecule has 0 aliphatic rings. The number of hydrogen-bond donors (Lipinski definition) is 2. The summed E-state index contributed by atoms with van der Waals surface area (Å²) in [4.78, 5) is 4.10. The third-order valence-electron chi connectivity index (χ3n) is 3.97. The second kappa shape index (κ2) is 8.48. The molecule has 2 N–H and O–H groups in total. The van der Waals surface area contributed by atoms with Gasteiger partial charge >= 0.3 is 0 Å². The van der Waals surface area contributed by atoms with Crippen LogP contribution in [0.1, 0.15) is 25.0 Å². The number of benzene rings is 1. The lowest BCUT2D eigenvalue weighted by Crippen LogP contribution is -2.17. The van der Waals surface area contributed by atoms with Crippen molar-refractivity contribution < 1.29 is 14.6 Å². The fourth-order valence-corrected chi connectivity index (χ4v) is 2.67. The van der Waals surface area contributed by atoms with Crippen LogP contribution in [0.25, 0.3) is 10.9 Å². The lowest BCUT2D eigenvalue weighted by atomic mass is 10.1. The van der Waals surface area contributed by atoms with E-state index in [9.17, 15) is 5.11 Å². The second-order valence-electron chi connectivity index (χ2n) is 5.98. The number of aryl methyl sites for hydroxylation is 1. The summed E-state index contributed by atoms with van der Waals surface area (Å²) in [6.07, 6.45) is 3.61. The fourth-order valence-electron chi connectivity index (χ4n) is 2.67. The zero-order valence-corrected chi connectivity index (χ0v) is 14.3. The van der Waals surface area contributed by atoms with Crippen molar-refractivity contribution in [1.82, 2.24) is 15.2 Å². The first kappa shape index (κ1) is 17.2. The van der Waals surface area contributed by atoms with E-state index in [4.69, 9.17) is 9.47 Å². The maximum atomic E-state index is 10.1. The van der Waals surface area contributed by atoms with Crippen LogP contribution in [0.4, 0.5) is 0 Å². The molecule has 0 bridgehead atoms. The Morgan fingerprint density at radius 3 is 2.88 bits per heavy atom. The smallest absolute Gasteiger partial charge is 0.213 e. The van der Waals surface area contributed by atoms with Crippen LogP contribution in [0.15, 0.2) is 42.6 Å². The standard InChI is InChI=1S/C19H23N3O3/c1-14-19-16(22-21-14)8-6-9-17(19)25-13-15(23)7-3-5-12-24-18-10-2-4-11-20-18/h2,4,6,8-11,15,23H,3,5,7,12-13H2,1H3,(H,21,22)/t15-/m0/s1. The average molecular weight is 341 g/mol. The summed E-state index contributed by atoms with van der Waals surface area (Å²) in [5.74, 6) is 1.39. The number of hydrogen-bond acceptors (Lipinski definition) is 5. The molecule has 0 saturated carbocycles. The highest BCUT2D eigenvalue weighted by Crippen LogP contribution is 2.26. The number of nitrogens with one attached hydrogen (secondary N) is 1.